The fourth-order valence-corrected chi connectivity index (χ4v) is 3.45. The molecule has 29 heavy (non-hydrogen) atoms. The van der Waals surface area contributed by atoms with E-state index in [4.69, 9.17) is 5.73 Å². The highest BCUT2D eigenvalue weighted by molar-refractivity contribution is 5.92. The molecule has 4 aromatic rings. The molecule has 1 aliphatic rings. The minimum absolute atomic E-state index is 0.282. The number of aromatic nitrogens is 5. The number of aromatic amines is 1. The number of primary amides is 1. The lowest BCUT2D eigenvalue weighted by Gasteiger charge is -2.04. The van der Waals surface area contributed by atoms with Crippen LogP contribution < -0.4 is 11.1 Å². The third-order valence-corrected chi connectivity index (χ3v) is 5.35. The lowest BCUT2D eigenvalue weighted by Crippen LogP contribution is -2.13. The Morgan fingerprint density at radius 3 is 2.79 bits per heavy atom. The van der Waals surface area contributed by atoms with E-state index in [1.807, 2.05) is 38.2 Å². The number of nitrogens with two attached hydrogens (primary N) is 1. The summed E-state index contributed by atoms with van der Waals surface area (Å²) in [7, 11) is 0. The van der Waals surface area contributed by atoms with E-state index in [9.17, 15) is 4.79 Å². The minimum atomic E-state index is -0.532. The van der Waals surface area contributed by atoms with E-state index < -0.39 is 5.91 Å². The second-order valence-electron chi connectivity index (χ2n) is 7.50. The molecule has 0 saturated heterocycles. The normalized spacial score (nSPS) is 13.7. The molecule has 0 unspecified atom stereocenters. The predicted octanol–water partition coefficient (Wildman–Crippen LogP) is 3.10. The lowest BCUT2D eigenvalue weighted by molar-refractivity contribution is 0.0994. The highest BCUT2D eigenvalue weighted by Crippen LogP contribution is 2.28. The van der Waals surface area contributed by atoms with Crippen molar-refractivity contribution < 1.29 is 4.79 Å². The van der Waals surface area contributed by atoms with Crippen molar-refractivity contribution in [2.45, 2.75) is 32.7 Å². The van der Waals surface area contributed by atoms with Crippen molar-refractivity contribution >= 4 is 22.8 Å². The first-order valence-corrected chi connectivity index (χ1v) is 9.58. The molecule has 4 heterocycles. The molecule has 8 nitrogen and oxygen atoms in total. The summed E-state index contributed by atoms with van der Waals surface area (Å²) in [6.07, 6.45) is 5.95. The van der Waals surface area contributed by atoms with Crippen molar-refractivity contribution in [2.75, 3.05) is 5.32 Å². The van der Waals surface area contributed by atoms with Gasteiger partial charge in [0.1, 0.15) is 11.5 Å². The number of pyridine rings is 2. The summed E-state index contributed by atoms with van der Waals surface area (Å²) in [6.45, 7) is 3.75. The molecule has 1 aliphatic carbocycles. The molecule has 0 aliphatic heterocycles. The zero-order valence-corrected chi connectivity index (χ0v) is 16.2. The van der Waals surface area contributed by atoms with Crippen LogP contribution in [0.2, 0.25) is 0 Å². The molecule has 4 N–H and O–H groups in total. The molecule has 0 spiro atoms. The molecule has 0 atom stereocenters. The predicted molar refractivity (Wildman–Crippen MR) is 111 cm³/mol. The number of hydrogen-bond acceptors (Lipinski definition) is 5. The highest BCUT2D eigenvalue weighted by Gasteiger charge is 2.21. The molecule has 4 aromatic heterocycles. The number of H-pyrrole nitrogens is 1. The Balaban J connectivity index is 1.53. The van der Waals surface area contributed by atoms with E-state index in [0.29, 0.717) is 6.04 Å². The summed E-state index contributed by atoms with van der Waals surface area (Å²) in [5.41, 5.74) is 10.9. The number of carbonyl (C=O) groups is 1. The molecule has 0 radical (unpaired) electrons. The summed E-state index contributed by atoms with van der Waals surface area (Å²) in [4.78, 5) is 23.9. The fraction of sp³-hybridized carbons (Fsp3) is 0.238. The van der Waals surface area contributed by atoms with Crippen molar-refractivity contribution in [3.8, 4) is 16.9 Å². The van der Waals surface area contributed by atoms with Gasteiger partial charge in [0, 0.05) is 40.1 Å². The summed E-state index contributed by atoms with van der Waals surface area (Å²) in [6, 6.07) is 8.63. The molecule has 0 bridgehead atoms. The van der Waals surface area contributed by atoms with E-state index in [1.54, 1.807) is 10.9 Å². The first-order chi connectivity index (χ1) is 14.0. The van der Waals surface area contributed by atoms with E-state index in [0.717, 1.165) is 45.1 Å². The molecular weight excluding hydrogens is 366 g/mol. The minimum Gasteiger partial charge on any atom is -0.367 e. The Morgan fingerprint density at radius 1 is 1.24 bits per heavy atom. The third kappa shape index (κ3) is 3.12. The zero-order chi connectivity index (χ0) is 20.1. The van der Waals surface area contributed by atoms with Gasteiger partial charge in [-0.3, -0.25) is 4.79 Å². The van der Waals surface area contributed by atoms with Gasteiger partial charge in [-0.2, -0.15) is 5.10 Å². The Kier molecular flexibility index (Phi) is 3.87. The van der Waals surface area contributed by atoms with E-state index >= 15 is 0 Å². The maximum atomic E-state index is 11.6. The molecule has 1 saturated carbocycles. The van der Waals surface area contributed by atoms with Gasteiger partial charge in [0.05, 0.1) is 11.9 Å². The van der Waals surface area contributed by atoms with Crippen LogP contribution in [0.5, 0.6) is 0 Å². The number of carbonyl (C=O) groups excluding carboxylic acids is 1. The van der Waals surface area contributed by atoms with Gasteiger partial charge in [-0.15, -0.1) is 0 Å². The Labute approximate surface area is 167 Å². The SMILES string of the molecule is Cc1c(C(N)=O)nn(-c2cnc3[nH]c(-c4ccnc(NC5CC5)c4)cc3c2)c1C. The Hall–Kier alpha value is -3.68. The van der Waals surface area contributed by atoms with Gasteiger partial charge in [-0.05, 0) is 51.0 Å². The van der Waals surface area contributed by atoms with Crippen molar-refractivity contribution in [1.29, 1.82) is 0 Å². The number of anilines is 1. The van der Waals surface area contributed by atoms with Crippen LogP contribution >= 0.6 is 0 Å². The largest absolute Gasteiger partial charge is 0.367 e. The van der Waals surface area contributed by atoms with Crippen LogP contribution in [0.15, 0.2) is 36.7 Å². The van der Waals surface area contributed by atoms with Crippen LogP contribution in [-0.4, -0.2) is 36.7 Å². The van der Waals surface area contributed by atoms with Crippen molar-refractivity contribution in [3.05, 3.63) is 53.6 Å². The van der Waals surface area contributed by atoms with Crippen LogP contribution in [0.3, 0.4) is 0 Å². The summed E-state index contributed by atoms with van der Waals surface area (Å²) >= 11 is 0. The number of rotatable bonds is 5. The monoisotopic (exact) mass is 387 g/mol. The molecular formula is C21H21N7O. The van der Waals surface area contributed by atoms with Gasteiger partial charge in [-0.1, -0.05) is 0 Å². The average Bonchev–Trinajstić information content (AvgIpc) is 3.33. The van der Waals surface area contributed by atoms with Crippen LogP contribution in [0.25, 0.3) is 28.0 Å². The molecule has 0 aromatic carbocycles. The Morgan fingerprint density at radius 2 is 2.07 bits per heavy atom. The number of fused-ring (bicyclic) bond motifs is 1. The van der Waals surface area contributed by atoms with E-state index in [2.05, 4.69) is 31.4 Å². The molecule has 146 valence electrons. The van der Waals surface area contributed by atoms with Gasteiger partial charge < -0.3 is 16.0 Å². The first kappa shape index (κ1) is 17.4. The van der Waals surface area contributed by atoms with Crippen molar-refractivity contribution in [2.24, 2.45) is 5.73 Å². The van der Waals surface area contributed by atoms with Crippen LogP contribution in [0, 0.1) is 13.8 Å². The lowest BCUT2D eigenvalue weighted by atomic mass is 10.2. The number of hydrogen-bond donors (Lipinski definition) is 3. The standard InChI is InChI=1S/C21H21N7O/c1-11-12(2)28(27-19(11)20(22)29)16-7-14-8-17(26-21(14)24-10-16)13-5-6-23-18(9-13)25-15-3-4-15/h5-10,15H,3-4H2,1-2H3,(H2,22,29)(H,23,25)(H,24,26). The number of nitrogens with zero attached hydrogens (tertiary/aromatic N) is 4. The molecule has 1 amide bonds. The molecule has 5 rings (SSSR count). The maximum Gasteiger partial charge on any atom is 0.269 e. The van der Waals surface area contributed by atoms with Gasteiger partial charge >= 0.3 is 0 Å². The van der Waals surface area contributed by atoms with Crippen LogP contribution in [0.4, 0.5) is 5.82 Å². The molecule has 8 heteroatoms. The number of amides is 1. The topological polar surface area (TPSA) is 115 Å². The summed E-state index contributed by atoms with van der Waals surface area (Å²) in [5, 5.41) is 8.75. The van der Waals surface area contributed by atoms with E-state index in [-0.39, 0.29) is 5.69 Å². The van der Waals surface area contributed by atoms with E-state index in [1.165, 1.54) is 12.8 Å². The highest BCUT2D eigenvalue weighted by atomic mass is 16.1. The zero-order valence-electron chi connectivity index (χ0n) is 16.2. The van der Waals surface area contributed by atoms with Crippen LogP contribution in [-0.2, 0) is 0 Å². The maximum absolute atomic E-state index is 11.6. The average molecular weight is 387 g/mol. The van der Waals surface area contributed by atoms with Crippen molar-refractivity contribution in [1.82, 2.24) is 24.7 Å². The van der Waals surface area contributed by atoms with Crippen LogP contribution in [0.1, 0.15) is 34.6 Å². The van der Waals surface area contributed by atoms with Gasteiger partial charge in [0.25, 0.3) is 5.91 Å². The second kappa shape index (κ2) is 6.44. The smallest absolute Gasteiger partial charge is 0.269 e. The Bertz CT molecular complexity index is 1250. The number of nitrogens with one attached hydrogen (secondary N) is 2. The van der Waals surface area contributed by atoms with Crippen molar-refractivity contribution in [3.63, 3.8) is 0 Å². The molecule has 1 fully saturated rings. The van der Waals surface area contributed by atoms with Gasteiger partial charge in [0.15, 0.2) is 5.69 Å². The van der Waals surface area contributed by atoms with Gasteiger partial charge in [-0.25, -0.2) is 14.6 Å². The summed E-state index contributed by atoms with van der Waals surface area (Å²) in [5.74, 6) is 0.356. The fourth-order valence-electron chi connectivity index (χ4n) is 3.45. The third-order valence-electron chi connectivity index (χ3n) is 5.35. The summed E-state index contributed by atoms with van der Waals surface area (Å²) < 4.78 is 1.71. The second-order valence-corrected chi connectivity index (χ2v) is 7.50. The first-order valence-electron chi connectivity index (χ1n) is 9.58. The van der Waals surface area contributed by atoms with Gasteiger partial charge in [0.2, 0.25) is 0 Å². The quantitative estimate of drug-likeness (QED) is 0.487.